The monoisotopic (exact) mass is 321 g/mol. The number of nitriles is 1. The van der Waals surface area contributed by atoms with E-state index in [0.717, 1.165) is 24.3 Å². The summed E-state index contributed by atoms with van der Waals surface area (Å²) < 4.78 is 0. The number of hydrogen-bond acceptors (Lipinski definition) is 4. The zero-order chi connectivity index (χ0) is 16.8. The lowest BCUT2D eigenvalue weighted by molar-refractivity contribution is 0.194. The van der Waals surface area contributed by atoms with E-state index in [0.29, 0.717) is 25.2 Å². The molecule has 2 aromatic rings. The van der Waals surface area contributed by atoms with Gasteiger partial charge in [-0.15, -0.1) is 0 Å². The molecular weight excluding hydrogens is 302 g/mol. The number of piperazine rings is 1. The van der Waals surface area contributed by atoms with Crippen LogP contribution in [0.1, 0.15) is 11.1 Å². The van der Waals surface area contributed by atoms with Crippen LogP contribution in [0.5, 0.6) is 0 Å². The van der Waals surface area contributed by atoms with Crippen molar-refractivity contribution < 1.29 is 4.79 Å². The molecule has 122 valence electrons. The van der Waals surface area contributed by atoms with Gasteiger partial charge in [0, 0.05) is 45.1 Å². The number of amides is 2. The number of carbonyl (C=O) groups excluding carboxylic acids is 1. The second-order valence-electron chi connectivity index (χ2n) is 5.62. The number of carbonyl (C=O) groups is 1. The van der Waals surface area contributed by atoms with Crippen LogP contribution in [0.3, 0.4) is 0 Å². The van der Waals surface area contributed by atoms with Crippen LogP contribution in [-0.4, -0.2) is 42.1 Å². The lowest BCUT2D eigenvalue weighted by atomic mass is 10.1. The van der Waals surface area contributed by atoms with E-state index in [9.17, 15) is 10.1 Å². The minimum absolute atomic E-state index is 0.0629. The molecule has 1 aromatic carbocycles. The van der Waals surface area contributed by atoms with Crippen LogP contribution in [0, 0.1) is 11.3 Å². The molecule has 0 bridgehead atoms. The van der Waals surface area contributed by atoms with E-state index < -0.39 is 0 Å². The summed E-state index contributed by atoms with van der Waals surface area (Å²) in [7, 11) is 0. The van der Waals surface area contributed by atoms with Gasteiger partial charge in [0.2, 0.25) is 0 Å². The molecule has 3 rings (SSSR count). The van der Waals surface area contributed by atoms with Crippen LogP contribution in [-0.2, 0) is 6.54 Å². The van der Waals surface area contributed by atoms with E-state index in [1.807, 2.05) is 41.3 Å². The van der Waals surface area contributed by atoms with E-state index in [1.165, 1.54) is 0 Å². The maximum atomic E-state index is 12.3. The van der Waals surface area contributed by atoms with Crippen LogP contribution in [0.15, 0.2) is 48.8 Å². The van der Waals surface area contributed by atoms with Gasteiger partial charge in [-0.3, -0.25) is 4.98 Å². The molecule has 0 saturated carbocycles. The topological polar surface area (TPSA) is 72.3 Å². The van der Waals surface area contributed by atoms with Gasteiger partial charge in [0.1, 0.15) is 6.07 Å². The first kappa shape index (κ1) is 15.8. The fraction of sp³-hybridized carbons (Fsp3) is 0.278. The molecule has 0 atom stereocenters. The summed E-state index contributed by atoms with van der Waals surface area (Å²) in [6.45, 7) is 3.19. The normalized spacial score (nSPS) is 14.1. The Kier molecular flexibility index (Phi) is 4.92. The van der Waals surface area contributed by atoms with Gasteiger partial charge in [-0.2, -0.15) is 5.26 Å². The van der Waals surface area contributed by atoms with Crippen molar-refractivity contribution in [2.75, 3.05) is 31.1 Å². The highest BCUT2D eigenvalue weighted by Gasteiger charge is 2.22. The zero-order valence-corrected chi connectivity index (χ0v) is 13.4. The fourth-order valence-electron chi connectivity index (χ4n) is 2.79. The molecule has 24 heavy (non-hydrogen) atoms. The van der Waals surface area contributed by atoms with Crippen LogP contribution < -0.4 is 10.2 Å². The predicted molar refractivity (Wildman–Crippen MR) is 91.4 cm³/mol. The summed E-state index contributed by atoms with van der Waals surface area (Å²) in [6.07, 6.45) is 3.46. The van der Waals surface area contributed by atoms with Crippen LogP contribution in [0.25, 0.3) is 0 Å². The number of hydrogen-bond donors (Lipinski definition) is 1. The maximum Gasteiger partial charge on any atom is 0.317 e. The molecule has 6 nitrogen and oxygen atoms in total. The van der Waals surface area contributed by atoms with E-state index >= 15 is 0 Å². The Labute approximate surface area is 141 Å². The number of benzene rings is 1. The van der Waals surface area contributed by atoms with E-state index in [-0.39, 0.29) is 6.03 Å². The van der Waals surface area contributed by atoms with E-state index in [1.54, 1.807) is 12.4 Å². The van der Waals surface area contributed by atoms with Gasteiger partial charge < -0.3 is 15.1 Å². The molecule has 2 heterocycles. The Bertz CT molecular complexity index is 733. The number of urea groups is 1. The van der Waals surface area contributed by atoms with Crippen molar-refractivity contribution in [1.29, 1.82) is 5.26 Å². The minimum atomic E-state index is -0.0629. The summed E-state index contributed by atoms with van der Waals surface area (Å²) >= 11 is 0. The third-order valence-corrected chi connectivity index (χ3v) is 4.10. The smallest absolute Gasteiger partial charge is 0.317 e. The average molecular weight is 321 g/mol. The lowest BCUT2D eigenvalue weighted by Gasteiger charge is -2.36. The van der Waals surface area contributed by atoms with Crippen LogP contribution in [0.2, 0.25) is 0 Å². The molecule has 2 amide bonds. The van der Waals surface area contributed by atoms with Gasteiger partial charge in [0.25, 0.3) is 0 Å². The number of para-hydroxylation sites is 1. The maximum absolute atomic E-state index is 12.3. The lowest BCUT2D eigenvalue weighted by Crippen LogP contribution is -2.51. The molecule has 1 aromatic heterocycles. The summed E-state index contributed by atoms with van der Waals surface area (Å²) in [5.41, 5.74) is 2.59. The van der Waals surface area contributed by atoms with Gasteiger partial charge >= 0.3 is 6.03 Å². The summed E-state index contributed by atoms with van der Waals surface area (Å²) in [4.78, 5) is 20.3. The first-order chi connectivity index (χ1) is 11.8. The van der Waals surface area contributed by atoms with Gasteiger partial charge in [-0.25, -0.2) is 4.79 Å². The van der Waals surface area contributed by atoms with Gasteiger partial charge in [0.05, 0.1) is 11.3 Å². The minimum Gasteiger partial charge on any atom is -0.367 e. The summed E-state index contributed by atoms with van der Waals surface area (Å²) in [5.74, 6) is 0. The second kappa shape index (κ2) is 7.47. The Hall–Kier alpha value is -3.07. The SMILES string of the molecule is N#Cc1ccccc1N1CCN(C(=O)NCc2cccnc2)CC1. The molecule has 1 aliphatic rings. The number of rotatable bonds is 3. The first-order valence-corrected chi connectivity index (χ1v) is 7.93. The van der Waals surface area contributed by atoms with Crippen molar-refractivity contribution in [2.24, 2.45) is 0 Å². The van der Waals surface area contributed by atoms with Gasteiger partial charge in [0.15, 0.2) is 0 Å². The largest absolute Gasteiger partial charge is 0.367 e. The average Bonchev–Trinajstić information content (AvgIpc) is 2.67. The number of nitrogens with zero attached hydrogens (tertiary/aromatic N) is 4. The summed E-state index contributed by atoms with van der Waals surface area (Å²) in [5, 5.41) is 12.1. The predicted octanol–water partition coefficient (Wildman–Crippen LogP) is 1.99. The molecule has 0 aliphatic carbocycles. The second-order valence-corrected chi connectivity index (χ2v) is 5.62. The van der Waals surface area contributed by atoms with Crippen molar-refractivity contribution in [3.8, 4) is 6.07 Å². The Morgan fingerprint density at radius 3 is 2.67 bits per heavy atom. The number of anilines is 1. The molecule has 0 unspecified atom stereocenters. The fourth-order valence-corrected chi connectivity index (χ4v) is 2.79. The van der Waals surface area contributed by atoms with Gasteiger partial charge in [-0.05, 0) is 23.8 Å². The van der Waals surface area contributed by atoms with Crippen LogP contribution in [0.4, 0.5) is 10.5 Å². The number of nitrogens with one attached hydrogen (secondary N) is 1. The highest BCUT2D eigenvalue weighted by atomic mass is 16.2. The Balaban J connectivity index is 1.53. The third-order valence-electron chi connectivity index (χ3n) is 4.10. The van der Waals surface area contributed by atoms with Crippen molar-refractivity contribution in [2.45, 2.75) is 6.54 Å². The molecule has 1 saturated heterocycles. The molecule has 0 spiro atoms. The zero-order valence-electron chi connectivity index (χ0n) is 13.4. The highest BCUT2D eigenvalue weighted by molar-refractivity contribution is 5.74. The molecule has 6 heteroatoms. The standard InChI is InChI=1S/C18H19N5O/c19-12-16-5-1-2-6-17(16)22-8-10-23(11-9-22)18(24)21-14-15-4-3-7-20-13-15/h1-7,13H,8-11,14H2,(H,21,24). The van der Waals surface area contributed by atoms with Gasteiger partial charge in [-0.1, -0.05) is 18.2 Å². The third kappa shape index (κ3) is 3.63. The number of pyridine rings is 1. The quantitative estimate of drug-likeness (QED) is 0.938. The molecule has 1 N–H and O–H groups in total. The van der Waals surface area contributed by atoms with Crippen molar-refractivity contribution >= 4 is 11.7 Å². The van der Waals surface area contributed by atoms with Crippen molar-refractivity contribution in [3.63, 3.8) is 0 Å². The Morgan fingerprint density at radius 1 is 1.17 bits per heavy atom. The van der Waals surface area contributed by atoms with Crippen molar-refractivity contribution in [3.05, 3.63) is 59.9 Å². The molecule has 1 aliphatic heterocycles. The van der Waals surface area contributed by atoms with E-state index in [2.05, 4.69) is 21.3 Å². The Morgan fingerprint density at radius 2 is 1.96 bits per heavy atom. The molecule has 1 fully saturated rings. The van der Waals surface area contributed by atoms with E-state index in [4.69, 9.17) is 0 Å². The van der Waals surface area contributed by atoms with Crippen LogP contribution >= 0.6 is 0 Å². The molecular formula is C18H19N5O. The summed E-state index contributed by atoms with van der Waals surface area (Å²) in [6, 6.07) is 13.5. The highest BCUT2D eigenvalue weighted by Crippen LogP contribution is 2.21. The first-order valence-electron chi connectivity index (χ1n) is 7.93. The molecule has 0 radical (unpaired) electrons. The number of aromatic nitrogens is 1. The van der Waals surface area contributed by atoms with Crippen molar-refractivity contribution in [1.82, 2.24) is 15.2 Å².